The first-order chi connectivity index (χ1) is 16.1. The summed E-state index contributed by atoms with van der Waals surface area (Å²) in [6.07, 6.45) is -9.86. The molecule has 0 aliphatic heterocycles. The minimum Gasteiger partial charge on any atom is -0.329 e. The van der Waals surface area contributed by atoms with Crippen LogP contribution in [0.2, 0.25) is 0 Å². The van der Waals surface area contributed by atoms with Crippen LogP contribution in [0.25, 0.3) is 5.57 Å². The van der Waals surface area contributed by atoms with Crippen LogP contribution in [0, 0.1) is 0 Å². The van der Waals surface area contributed by atoms with E-state index in [0.717, 1.165) is 18.4 Å². The first-order valence-electron chi connectivity index (χ1n) is 10.00. The fourth-order valence-electron chi connectivity index (χ4n) is 3.64. The lowest BCUT2D eigenvalue weighted by Gasteiger charge is -2.40. The highest BCUT2D eigenvalue weighted by atomic mass is 32.2. The van der Waals surface area contributed by atoms with Gasteiger partial charge in [-0.2, -0.15) is 13.2 Å². The predicted octanol–water partition coefficient (Wildman–Crippen LogP) is 4.96. The van der Waals surface area contributed by atoms with Crippen molar-refractivity contribution in [2.24, 2.45) is 0 Å². The smallest absolute Gasteiger partial charge is 0.329 e. The van der Waals surface area contributed by atoms with Crippen molar-refractivity contribution >= 4 is 21.3 Å². The van der Waals surface area contributed by atoms with E-state index in [2.05, 4.69) is 10.1 Å². The van der Waals surface area contributed by atoms with Gasteiger partial charge in [0.15, 0.2) is 9.84 Å². The van der Waals surface area contributed by atoms with Crippen LogP contribution < -0.4 is 5.32 Å². The van der Waals surface area contributed by atoms with E-state index in [-0.39, 0.29) is 16.9 Å². The molecule has 0 bridgehead atoms. The van der Waals surface area contributed by atoms with Gasteiger partial charge in [-0.1, -0.05) is 48.5 Å². The molecule has 1 unspecified atom stereocenters. The van der Waals surface area contributed by atoms with Gasteiger partial charge in [0.2, 0.25) is 11.5 Å². The highest BCUT2D eigenvalue weighted by Crippen LogP contribution is 2.51. The van der Waals surface area contributed by atoms with Crippen molar-refractivity contribution in [1.29, 1.82) is 0 Å². The number of rotatable bonds is 6. The average molecular weight is 519 g/mol. The van der Waals surface area contributed by atoms with E-state index in [1.54, 1.807) is 0 Å². The maximum Gasteiger partial charge on any atom is 0.523 e. The van der Waals surface area contributed by atoms with Gasteiger partial charge in [-0.3, -0.25) is 9.53 Å². The van der Waals surface area contributed by atoms with Gasteiger partial charge < -0.3 is 5.32 Å². The molecule has 0 spiro atoms. The fourth-order valence-corrected chi connectivity index (χ4v) is 4.27. The van der Waals surface area contributed by atoms with Gasteiger partial charge in [0.1, 0.15) is 0 Å². The van der Waals surface area contributed by atoms with Gasteiger partial charge in [0.05, 0.1) is 11.3 Å². The van der Waals surface area contributed by atoms with Gasteiger partial charge in [0.25, 0.3) is 0 Å². The number of alkyl halides is 6. The molecule has 0 aromatic heterocycles. The normalized spacial score (nSPS) is 19.1. The summed E-state index contributed by atoms with van der Waals surface area (Å²) >= 11 is 0. The Hall–Kier alpha value is -3.12. The minimum absolute atomic E-state index is 0.00878. The molecule has 0 fully saturated rings. The highest BCUT2D eigenvalue weighted by molar-refractivity contribution is 7.90. The van der Waals surface area contributed by atoms with Gasteiger partial charge in [-0.05, 0) is 29.3 Å². The van der Waals surface area contributed by atoms with Crippen LogP contribution in [0.5, 0.6) is 0 Å². The Labute approximate surface area is 197 Å². The zero-order valence-electron chi connectivity index (χ0n) is 18.1. The van der Waals surface area contributed by atoms with Crippen LogP contribution in [0.1, 0.15) is 17.5 Å². The molecule has 0 heterocycles. The van der Waals surface area contributed by atoms with E-state index in [4.69, 9.17) is 0 Å². The molecule has 0 saturated carbocycles. The number of hydrogen-bond acceptors (Lipinski definition) is 4. The lowest BCUT2D eigenvalue weighted by atomic mass is 9.80. The van der Waals surface area contributed by atoms with Crippen LogP contribution in [0.15, 0.2) is 77.3 Å². The SMILES string of the molecule is CS(=O)(=O)c1ccc(CC(=O)NC2=CC=C(c3ccccc3)C(OC(F)(F)F)(C(F)(F)F)C2)cc1. The van der Waals surface area contributed by atoms with Crippen molar-refractivity contribution in [3.8, 4) is 0 Å². The first-order valence-corrected chi connectivity index (χ1v) is 11.9. The maximum atomic E-state index is 14.2. The second-order valence-electron chi connectivity index (χ2n) is 7.83. The average Bonchev–Trinajstić information content (AvgIpc) is 2.72. The van der Waals surface area contributed by atoms with Crippen molar-refractivity contribution in [2.75, 3.05) is 6.26 Å². The number of hydrogen-bond donors (Lipinski definition) is 1. The molecule has 188 valence electrons. The molecular weight excluding hydrogens is 500 g/mol. The van der Waals surface area contributed by atoms with Crippen LogP contribution in [0.4, 0.5) is 26.3 Å². The van der Waals surface area contributed by atoms with Crippen molar-refractivity contribution in [3.05, 3.63) is 83.6 Å². The molecule has 1 atom stereocenters. The summed E-state index contributed by atoms with van der Waals surface area (Å²) in [5.41, 5.74) is -4.75. The molecule has 1 aliphatic rings. The zero-order chi connectivity index (χ0) is 26.1. The van der Waals surface area contributed by atoms with Gasteiger partial charge in [0, 0.05) is 23.9 Å². The first kappa shape index (κ1) is 26.5. The molecule has 2 aromatic rings. The topological polar surface area (TPSA) is 72.5 Å². The lowest BCUT2D eigenvalue weighted by molar-refractivity contribution is -0.399. The molecule has 1 N–H and O–H groups in total. The van der Waals surface area contributed by atoms with Crippen molar-refractivity contribution in [2.45, 2.75) is 35.9 Å². The molecule has 1 aliphatic carbocycles. The molecule has 0 saturated heterocycles. The summed E-state index contributed by atoms with van der Waals surface area (Å²) in [7, 11) is -3.47. The Kier molecular flexibility index (Phi) is 7.19. The van der Waals surface area contributed by atoms with E-state index < -0.39 is 51.6 Å². The van der Waals surface area contributed by atoms with Gasteiger partial charge in [-0.25, -0.2) is 8.42 Å². The number of carbonyl (C=O) groups excluding carboxylic acids is 1. The van der Waals surface area contributed by atoms with E-state index in [9.17, 15) is 39.6 Å². The van der Waals surface area contributed by atoms with Gasteiger partial charge in [-0.15, -0.1) is 13.2 Å². The number of halogens is 6. The van der Waals surface area contributed by atoms with Crippen molar-refractivity contribution in [3.63, 3.8) is 0 Å². The number of carbonyl (C=O) groups is 1. The molecule has 35 heavy (non-hydrogen) atoms. The Morgan fingerprint density at radius 2 is 1.57 bits per heavy atom. The summed E-state index contributed by atoms with van der Waals surface area (Å²) in [4.78, 5) is 12.4. The summed E-state index contributed by atoms with van der Waals surface area (Å²) < 4.78 is 109. The molecule has 5 nitrogen and oxygen atoms in total. The Morgan fingerprint density at radius 1 is 0.971 bits per heavy atom. The molecular formula is C23H19F6NO4S. The number of amides is 1. The van der Waals surface area contributed by atoms with Gasteiger partial charge >= 0.3 is 12.5 Å². The third-order valence-corrected chi connectivity index (χ3v) is 6.30. The van der Waals surface area contributed by atoms with E-state index in [1.807, 2.05) is 0 Å². The number of benzene rings is 2. The Bertz CT molecular complexity index is 1250. The number of ether oxygens (including phenoxy) is 1. The van der Waals surface area contributed by atoms with Crippen LogP contribution >= 0.6 is 0 Å². The third kappa shape index (κ3) is 6.31. The molecule has 0 radical (unpaired) electrons. The monoisotopic (exact) mass is 519 g/mol. The number of sulfone groups is 1. The maximum absolute atomic E-state index is 14.2. The fraction of sp³-hybridized carbons (Fsp3) is 0.261. The summed E-state index contributed by atoms with van der Waals surface area (Å²) in [5, 5.41) is 2.21. The summed E-state index contributed by atoms with van der Waals surface area (Å²) in [5.74, 6) is -0.803. The molecule has 1 amide bonds. The number of allylic oxidation sites excluding steroid dienone is 2. The molecule has 12 heteroatoms. The summed E-state index contributed by atoms with van der Waals surface area (Å²) in [6, 6.07) is 11.9. The van der Waals surface area contributed by atoms with Crippen LogP contribution in [-0.4, -0.2) is 38.7 Å². The van der Waals surface area contributed by atoms with E-state index >= 15 is 0 Å². The predicted molar refractivity (Wildman–Crippen MR) is 114 cm³/mol. The lowest BCUT2D eigenvalue weighted by Crippen LogP contribution is -2.53. The number of nitrogens with one attached hydrogen (secondary N) is 1. The standard InChI is InChI=1S/C23H19F6NO4S/c1-35(32,33)18-10-7-15(8-11-18)13-20(31)30-17-9-12-19(16-5-3-2-4-6-16)21(14-17,22(24,25)26)34-23(27,28)29/h2-12H,13-14H2,1H3,(H,30,31). The quantitative estimate of drug-likeness (QED) is 0.548. The van der Waals surface area contributed by atoms with Crippen molar-refractivity contribution < 1.29 is 44.3 Å². The second-order valence-corrected chi connectivity index (χ2v) is 9.84. The van der Waals surface area contributed by atoms with Crippen LogP contribution in [0.3, 0.4) is 0 Å². The molecule has 2 aromatic carbocycles. The highest BCUT2D eigenvalue weighted by Gasteiger charge is 2.64. The second kappa shape index (κ2) is 9.50. The Balaban J connectivity index is 1.91. The van der Waals surface area contributed by atoms with E-state index in [0.29, 0.717) is 5.56 Å². The zero-order valence-corrected chi connectivity index (χ0v) is 18.9. The van der Waals surface area contributed by atoms with Crippen LogP contribution in [-0.2, 0) is 25.8 Å². The van der Waals surface area contributed by atoms with Crippen molar-refractivity contribution in [1.82, 2.24) is 5.32 Å². The Morgan fingerprint density at radius 3 is 2.09 bits per heavy atom. The third-order valence-electron chi connectivity index (χ3n) is 5.17. The van der Waals surface area contributed by atoms with E-state index in [1.165, 1.54) is 54.6 Å². The minimum atomic E-state index is -5.63. The molecule has 3 rings (SSSR count). The largest absolute Gasteiger partial charge is 0.523 e. The summed E-state index contributed by atoms with van der Waals surface area (Å²) in [6.45, 7) is 0.